The van der Waals surface area contributed by atoms with Gasteiger partial charge in [0, 0.05) is 20.2 Å². The second-order valence-electron chi connectivity index (χ2n) is 5.99. The van der Waals surface area contributed by atoms with Crippen LogP contribution in [0, 0.1) is 11.8 Å². The molecule has 0 aromatic heterocycles. The monoisotopic (exact) mass is 269 g/mol. The third kappa shape index (κ3) is 3.27. The summed E-state index contributed by atoms with van der Waals surface area (Å²) < 4.78 is 5.23. The lowest BCUT2D eigenvalue weighted by molar-refractivity contribution is -0.126. The number of nitrogens with two attached hydrogens (primary N) is 1. The molecule has 0 aromatic carbocycles. The highest BCUT2D eigenvalue weighted by Crippen LogP contribution is 2.40. The molecule has 2 fully saturated rings. The summed E-state index contributed by atoms with van der Waals surface area (Å²) >= 11 is 0. The van der Waals surface area contributed by atoms with Crippen LogP contribution in [0.2, 0.25) is 0 Å². The van der Waals surface area contributed by atoms with Crippen LogP contribution in [0.25, 0.3) is 0 Å². The molecule has 2 rings (SSSR count). The number of methoxy groups -OCH3 is 1. The zero-order valence-electron chi connectivity index (χ0n) is 12.2. The highest BCUT2D eigenvalue weighted by Gasteiger charge is 2.50. The highest BCUT2D eigenvalue weighted by molar-refractivity contribution is 5.86. The predicted octanol–water partition coefficient (Wildman–Crippen LogP) is 0.198. The van der Waals surface area contributed by atoms with Crippen LogP contribution in [-0.2, 0) is 9.53 Å². The molecule has 0 spiro atoms. The summed E-state index contributed by atoms with van der Waals surface area (Å²) in [6.07, 6.45) is 3.38. The summed E-state index contributed by atoms with van der Waals surface area (Å²) in [4.78, 5) is 14.4. The molecule has 0 bridgehead atoms. The number of carbonyl (C=O) groups is 1. The Hall–Kier alpha value is -0.650. The Morgan fingerprint density at radius 3 is 2.74 bits per heavy atom. The average Bonchev–Trinajstić information content (AvgIpc) is 3.12. The standard InChI is InChI=1S/C14H27N3O2/c1-3-16-14(13(15)18,12-4-5-12)10-17-7-6-11(8-17)9-19-2/h11-12,16H,3-10H2,1-2H3,(H2,15,18). The van der Waals surface area contributed by atoms with E-state index in [2.05, 4.69) is 10.2 Å². The summed E-state index contributed by atoms with van der Waals surface area (Å²) in [6.45, 7) is 6.44. The largest absolute Gasteiger partial charge is 0.384 e. The molecule has 5 heteroatoms. The number of nitrogens with one attached hydrogen (secondary N) is 1. The van der Waals surface area contributed by atoms with Gasteiger partial charge < -0.3 is 20.7 Å². The number of nitrogens with zero attached hydrogens (tertiary/aromatic N) is 1. The third-order valence-electron chi connectivity index (χ3n) is 4.45. The third-order valence-corrected chi connectivity index (χ3v) is 4.45. The van der Waals surface area contributed by atoms with Crippen molar-refractivity contribution in [2.24, 2.45) is 17.6 Å². The second-order valence-corrected chi connectivity index (χ2v) is 5.99. The molecule has 5 nitrogen and oxygen atoms in total. The van der Waals surface area contributed by atoms with E-state index in [9.17, 15) is 4.79 Å². The number of rotatable bonds is 8. The molecule has 1 saturated carbocycles. The molecule has 2 aliphatic rings. The fourth-order valence-electron chi connectivity index (χ4n) is 3.37. The van der Waals surface area contributed by atoms with Gasteiger partial charge in [0.25, 0.3) is 0 Å². The Balaban J connectivity index is 1.98. The lowest BCUT2D eigenvalue weighted by atomic mass is 9.91. The molecule has 2 atom stereocenters. The van der Waals surface area contributed by atoms with Gasteiger partial charge in [-0.1, -0.05) is 6.92 Å². The lowest BCUT2D eigenvalue weighted by Gasteiger charge is -2.35. The van der Waals surface area contributed by atoms with E-state index >= 15 is 0 Å². The van der Waals surface area contributed by atoms with Crippen molar-refractivity contribution in [3.8, 4) is 0 Å². The van der Waals surface area contributed by atoms with E-state index in [4.69, 9.17) is 10.5 Å². The van der Waals surface area contributed by atoms with Gasteiger partial charge in [0.15, 0.2) is 0 Å². The van der Waals surface area contributed by atoms with Crippen LogP contribution in [0.1, 0.15) is 26.2 Å². The maximum absolute atomic E-state index is 12.0. The number of hydrogen-bond donors (Lipinski definition) is 2. The van der Waals surface area contributed by atoms with Crippen LogP contribution in [0.4, 0.5) is 0 Å². The van der Waals surface area contributed by atoms with Crippen molar-refractivity contribution in [3.63, 3.8) is 0 Å². The molecule has 1 heterocycles. The summed E-state index contributed by atoms with van der Waals surface area (Å²) in [5.74, 6) is 0.829. The van der Waals surface area contributed by atoms with Crippen LogP contribution in [-0.4, -0.2) is 56.2 Å². The van der Waals surface area contributed by atoms with Crippen molar-refractivity contribution in [1.82, 2.24) is 10.2 Å². The van der Waals surface area contributed by atoms with Crippen molar-refractivity contribution in [3.05, 3.63) is 0 Å². The summed E-state index contributed by atoms with van der Waals surface area (Å²) in [5, 5.41) is 3.38. The zero-order chi connectivity index (χ0) is 13.9. The zero-order valence-corrected chi connectivity index (χ0v) is 12.2. The molecular formula is C14H27N3O2. The normalized spacial score (nSPS) is 27.4. The van der Waals surface area contributed by atoms with Crippen molar-refractivity contribution in [2.75, 3.05) is 39.9 Å². The van der Waals surface area contributed by atoms with Gasteiger partial charge in [-0.3, -0.25) is 4.79 Å². The first-order chi connectivity index (χ1) is 9.12. The number of primary amides is 1. The summed E-state index contributed by atoms with van der Waals surface area (Å²) in [7, 11) is 1.75. The van der Waals surface area contributed by atoms with Gasteiger partial charge >= 0.3 is 0 Å². The SMILES string of the molecule is CCNC(CN1CCC(COC)C1)(C(N)=O)C1CC1. The fraction of sp³-hybridized carbons (Fsp3) is 0.929. The number of ether oxygens (including phenoxy) is 1. The van der Waals surface area contributed by atoms with Crippen LogP contribution in [0.3, 0.4) is 0 Å². The van der Waals surface area contributed by atoms with E-state index < -0.39 is 5.54 Å². The first-order valence-electron chi connectivity index (χ1n) is 7.38. The number of hydrogen-bond acceptors (Lipinski definition) is 4. The number of carbonyl (C=O) groups excluding carboxylic acids is 1. The maximum atomic E-state index is 12.0. The minimum Gasteiger partial charge on any atom is -0.384 e. The smallest absolute Gasteiger partial charge is 0.239 e. The van der Waals surface area contributed by atoms with E-state index in [-0.39, 0.29) is 5.91 Å². The minimum atomic E-state index is -0.517. The van der Waals surface area contributed by atoms with Crippen LogP contribution < -0.4 is 11.1 Å². The number of likely N-dealkylation sites (tertiary alicyclic amines) is 1. The Morgan fingerprint density at radius 2 is 2.21 bits per heavy atom. The van der Waals surface area contributed by atoms with E-state index in [0.717, 1.165) is 52.0 Å². The van der Waals surface area contributed by atoms with Gasteiger partial charge in [-0.2, -0.15) is 0 Å². The van der Waals surface area contributed by atoms with Gasteiger partial charge in [-0.05, 0) is 44.2 Å². The van der Waals surface area contributed by atoms with Gasteiger partial charge in [0.2, 0.25) is 5.91 Å². The molecule has 3 N–H and O–H groups in total. The number of likely N-dealkylation sites (N-methyl/N-ethyl adjacent to an activating group) is 1. The quantitative estimate of drug-likeness (QED) is 0.660. The Kier molecular flexibility index (Phi) is 4.81. The molecular weight excluding hydrogens is 242 g/mol. The maximum Gasteiger partial charge on any atom is 0.239 e. The van der Waals surface area contributed by atoms with Crippen LogP contribution in [0.5, 0.6) is 0 Å². The van der Waals surface area contributed by atoms with E-state index in [0.29, 0.717) is 11.8 Å². The van der Waals surface area contributed by atoms with Gasteiger partial charge in [-0.15, -0.1) is 0 Å². The van der Waals surface area contributed by atoms with E-state index in [1.165, 1.54) is 0 Å². The van der Waals surface area contributed by atoms with Crippen molar-refractivity contribution in [1.29, 1.82) is 0 Å². The Bertz CT molecular complexity index is 320. The van der Waals surface area contributed by atoms with Gasteiger partial charge in [0.05, 0.1) is 6.61 Å². The lowest BCUT2D eigenvalue weighted by Crippen LogP contribution is -2.63. The summed E-state index contributed by atoms with van der Waals surface area (Å²) in [5.41, 5.74) is 5.20. The molecule has 1 saturated heterocycles. The van der Waals surface area contributed by atoms with Crippen LogP contribution >= 0.6 is 0 Å². The molecule has 110 valence electrons. The van der Waals surface area contributed by atoms with Crippen molar-refractivity contribution < 1.29 is 9.53 Å². The molecule has 1 amide bonds. The second kappa shape index (κ2) is 6.20. The average molecular weight is 269 g/mol. The predicted molar refractivity (Wildman–Crippen MR) is 74.7 cm³/mol. The molecule has 0 radical (unpaired) electrons. The molecule has 2 unspecified atom stereocenters. The van der Waals surface area contributed by atoms with Gasteiger partial charge in [-0.25, -0.2) is 0 Å². The van der Waals surface area contributed by atoms with Crippen LogP contribution in [0.15, 0.2) is 0 Å². The first-order valence-corrected chi connectivity index (χ1v) is 7.38. The molecule has 0 aromatic rings. The Morgan fingerprint density at radius 1 is 1.47 bits per heavy atom. The fourth-order valence-corrected chi connectivity index (χ4v) is 3.37. The van der Waals surface area contributed by atoms with Crippen molar-refractivity contribution >= 4 is 5.91 Å². The van der Waals surface area contributed by atoms with Crippen molar-refractivity contribution in [2.45, 2.75) is 31.7 Å². The highest BCUT2D eigenvalue weighted by atomic mass is 16.5. The minimum absolute atomic E-state index is 0.188. The Labute approximate surface area is 115 Å². The van der Waals surface area contributed by atoms with E-state index in [1.54, 1.807) is 7.11 Å². The molecule has 1 aliphatic carbocycles. The molecule has 1 aliphatic heterocycles. The van der Waals surface area contributed by atoms with E-state index in [1.807, 2.05) is 6.92 Å². The molecule has 19 heavy (non-hydrogen) atoms. The summed E-state index contributed by atoms with van der Waals surface area (Å²) in [6, 6.07) is 0. The topological polar surface area (TPSA) is 67.6 Å². The first kappa shape index (κ1) is 14.8. The van der Waals surface area contributed by atoms with Gasteiger partial charge in [0.1, 0.15) is 5.54 Å². The number of amides is 1.